The summed E-state index contributed by atoms with van der Waals surface area (Å²) >= 11 is 0. The van der Waals surface area contributed by atoms with Crippen LogP contribution in [0.15, 0.2) is 35.4 Å². The zero-order chi connectivity index (χ0) is 13.7. The first kappa shape index (κ1) is 14.0. The van der Waals surface area contributed by atoms with Crippen molar-refractivity contribution >= 4 is 11.9 Å². The molecule has 2 N–H and O–H groups in total. The molecule has 96 valence electrons. The molecule has 0 bridgehead atoms. The van der Waals surface area contributed by atoms with Crippen molar-refractivity contribution in [2.75, 3.05) is 0 Å². The number of rotatable bonds is 5. The van der Waals surface area contributed by atoms with Crippen molar-refractivity contribution in [1.29, 1.82) is 0 Å². The Morgan fingerprint density at radius 2 is 1.61 bits per heavy atom. The van der Waals surface area contributed by atoms with Gasteiger partial charge in [0.2, 0.25) is 0 Å². The van der Waals surface area contributed by atoms with Crippen LogP contribution in [0.4, 0.5) is 0 Å². The van der Waals surface area contributed by atoms with Crippen LogP contribution in [0.5, 0.6) is 0 Å². The van der Waals surface area contributed by atoms with Gasteiger partial charge in [0.25, 0.3) is 0 Å². The van der Waals surface area contributed by atoms with E-state index >= 15 is 0 Å². The molecule has 1 rings (SSSR count). The quantitative estimate of drug-likeness (QED) is 0.784. The van der Waals surface area contributed by atoms with E-state index < -0.39 is 11.9 Å². The highest BCUT2D eigenvalue weighted by molar-refractivity contribution is 5.98. The van der Waals surface area contributed by atoms with Gasteiger partial charge in [-0.05, 0) is 24.5 Å². The minimum Gasteiger partial charge on any atom is -0.478 e. The van der Waals surface area contributed by atoms with Crippen molar-refractivity contribution in [3.8, 4) is 0 Å². The lowest BCUT2D eigenvalue weighted by Gasteiger charge is -2.09. The van der Waals surface area contributed by atoms with Crippen LogP contribution in [0.25, 0.3) is 0 Å². The molecule has 0 aliphatic rings. The van der Waals surface area contributed by atoms with Crippen LogP contribution in [0.1, 0.15) is 25.0 Å². The first-order valence-electron chi connectivity index (χ1n) is 5.70. The van der Waals surface area contributed by atoms with Crippen LogP contribution in [-0.4, -0.2) is 22.2 Å². The molecule has 0 aliphatic carbocycles. The normalized spacial score (nSPS) is 11.9. The van der Waals surface area contributed by atoms with E-state index in [0.29, 0.717) is 0 Å². The molecule has 0 radical (unpaired) electrons. The van der Waals surface area contributed by atoms with Crippen LogP contribution >= 0.6 is 0 Å². The zero-order valence-electron chi connectivity index (χ0n) is 10.4. The number of carbonyl (C=O) groups is 2. The van der Waals surface area contributed by atoms with Crippen LogP contribution in [0.3, 0.4) is 0 Å². The second kappa shape index (κ2) is 6.00. The van der Waals surface area contributed by atoms with Gasteiger partial charge in [-0.2, -0.15) is 0 Å². The Morgan fingerprint density at radius 3 is 2.06 bits per heavy atom. The predicted molar refractivity (Wildman–Crippen MR) is 67.5 cm³/mol. The van der Waals surface area contributed by atoms with Crippen molar-refractivity contribution in [2.45, 2.75) is 26.7 Å². The van der Waals surface area contributed by atoms with Crippen LogP contribution < -0.4 is 0 Å². The fourth-order valence-corrected chi connectivity index (χ4v) is 1.76. The molecule has 0 spiro atoms. The van der Waals surface area contributed by atoms with E-state index in [1.165, 1.54) is 6.92 Å². The standard InChI is InChI=1S/C14H16O4/c1-3-10-6-4-5-7-11(10)8-12(14(17)18)9(2)13(15)16/h4-7H,3,8H2,1-2H3,(H,15,16)(H,17,18)/b12-9+. The number of hydrogen-bond donors (Lipinski definition) is 2. The van der Waals surface area contributed by atoms with E-state index in [9.17, 15) is 9.59 Å². The highest BCUT2D eigenvalue weighted by Gasteiger charge is 2.17. The van der Waals surface area contributed by atoms with Gasteiger partial charge in [-0.25, -0.2) is 9.59 Å². The van der Waals surface area contributed by atoms with Gasteiger partial charge in [-0.3, -0.25) is 0 Å². The highest BCUT2D eigenvalue weighted by Crippen LogP contribution is 2.17. The summed E-state index contributed by atoms with van der Waals surface area (Å²) in [5.74, 6) is -2.37. The lowest BCUT2D eigenvalue weighted by Crippen LogP contribution is -2.12. The first-order chi connectivity index (χ1) is 8.47. The van der Waals surface area contributed by atoms with Crippen molar-refractivity contribution in [3.05, 3.63) is 46.5 Å². The third kappa shape index (κ3) is 3.20. The van der Waals surface area contributed by atoms with Crippen LogP contribution in [0, 0.1) is 0 Å². The Balaban J connectivity index is 3.17. The van der Waals surface area contributed by atoms with Gasteiger partial charge in [0.1, 0.15) is 0 Å². The van der Waals surface area contributed by atoms with Crippen molar-refractivity contribution in [3.63, 3.8) is 0 Å². The largest absolute Gasteiger partial charge is 0.478 e. The molecule has 4 heteroatoms. The number of benzene rings is 1. The van der Waals surface area contributed by atoms with Crippen molar-refractivity contribution in [2.24, 2.45) is 0 Å². The average Bonchev–Trinajstić information content (AvgIpc) is 2.35. The molecule has 0 heterocycles. The zero-order valence-corrected chi connectivity index (χ0v) is 10.4. The van der Waals surface area contributed by atoms with Crippen molar-refractivity contribution < 1.29 is 19.8 Å². The molecule has 0 aliphatic heterocycles. The molecule has 0 unspecified atom stereocenters. The molecule has 0 aromatic heterocycles. The van der Waals surface area contributed by atoms with Crippen molar-refractivity contribution in [1.82, 2.24) is 0 Å². The minimum absolute atomic E-state index is 0.0663. The summed E-state index contributed by atoms with van der Waals surface area (Å²) in [6, 6.07) is 7.46. The summed E-state index contributed by atoms with van der Waals surface area (Å²) in [4.78, 5) is 22.0. The summed E-state index contributed by atoms with van der Waals surface area (Å²) in [5.41, 5.74) is 1.71. The molecular formula is C14H16O4. The molecule has 0 fully saturated rings. The third-order valence-electron chi connectivity index (χ3n) is 2.90. The topological polar surface area (TPSA) is 74.6 Å². The molecule has 0 saturated carbocycles. The van der Waals surface area contributed by atoms with Gasteiger partial charge in [0.05, 0.1) is 5.57 Å². The smallest absolute Gasteiger partial charge is 0.332 e. The second-order valence-corrected chi connectivity index (χ2v) is 4.01. The van der Waals surface area contributed by atoms with E-state index in [0.717, 1.165) is 17.5 Å². The van der Waals surface area contributed by atoms with E-state index in [1.54, 1.807) is 0 Å². The monoisotopic (exact) mass is 248 g/mol. The van der Waals surface area contributed by atoms with Gasteiger partial charge in [0.15, 0.2) is 0 Å². The second-order valence-electron chi connectivity index (χ2n) is 4.01. The number of carboxylic acid groups (broad SMARTS) is 2. The Kier molecular flexibility index (Phi) is 4.66. The van der Waals surface area contributed by atoms with Gasteiger partial charge in [0, 0.05) is 12.0 Å². The molecule has 1 aromatic rings. The Morgan fingerprint density at radius 1 is 1.06 bits per heavy atom. The average molecular weight is 248 g/mol. The number of aryl methyl sites for hydroxylation is 1. The molecule has 0 saturated heterocycles. The summed E-state index contributed by atoms with van der Waals surface area (Å²) in [6.45, 7) is 3.30. The first-order valence-corrected chi connectivity index (χ1v) is 5.70. The molecule has 4 nitrogen and oxygen atoms in total. The van der Waals surface area contributed by atoms with Gasteiger partial charge in [-0.15, -0.1) is 0 Å². The predicted octanol–water partition coefficient (Wildman–Crippen LogP) is 2.28. The third-order valence-corrected chi connectivity index (χ3v) is 2.90. The maximum Gasteiger partial charge on any atom is 0.332 e. The summed E-state index contributed by atoms with van der Waals surface area (Å²) in [7, 11) is 0. The highest BCUT2D eigenvalue weighted by atomic mass is 16.4. The van der Waals surface area contributed by atoms with E-state index in [1.807, 2.05) is 31.2 Å². The van der Waals surface area contributed by atoms with Gasteiger partial charge >= 0.3 is 11.9 Å². The molecule has 0 atom stereocenters. The van der Waals surface area contributed by atoms with Gasteiger partial charge < -0.3 is 10.2 Å². The maximum atomic E-state index is 11.1. The fourth-order valence-electron chi connectivity index (χ4n) is 1.76. The summed E-state index contributed by atoms with van der Waals surface area (Å²) in [5, 5.41) is 18.0. The summed E-state index contributed by atoms with van der Waals surface area (Å²) < 4.78 is 0. The van der Waals surface area contributed by atoms with Crippen LogP contribution in [-0.2, 0) is 22.4 Å². The molecule has 1 aromatic carbocycles. The Hall–Kier alpha value is -2.10. The maximum absolute atomic E-state index is 11.1. The lowest BCUT2D eigenvalue weighted by molar-refractivity contribution is -0.136. The molecule has 0 amide bonds. The minimum atomic E-state index is -1.19. The van der Waals surface area contributed by atoms with E-state index in [-0.39, 0.29) is 17.6 Å². The number of hydrogen-bond acceptors (Lipinski definition) is 2. The fraction of sp³-hybridized carbons (Fsp3) is 0.286. The van der Waals surface area contributed by atoms with Gasteiger partial charge in [-0.1, -0.05) is 31.2 Å². The molecule has 18 heavy (non-hydrogen) atoms. The van der Waals surface area contributed by atoms with E-state index in [2.05, 4.69) is 0 Å². The van der Waals surface area contributed by atoms with Crippen LogP contribution in [0.2, 0.25) is 0 Å². The number of carboxylic acids is 2. The number of aliphatic carboxylic acids is 2. The van der Waals surface area contributed by atoms with E-state index in [4.69, 9.17) is 10.2 Å². The summed E-state index contributed by atoms with van der Waals surface area (Å²) in [6.07, 6.45) is 0.923. The molecular weight excluding hydrogens is 232 g/mol. The Bertz CT molecular complexity index is 500. The lowest BCUT2D eigenvalue weighted by atomic mass is 9.96. The Labute approximate surface area is 106 Å². The SMILES string of the molecule is CCc1ccccc1C/C(C(=O)O)=C(/C)C(=O)O.